The van der Waals surface area contributed by atoms with Crippen LogP contribution >= 0.6 is 0 Å². The van der Waals surface area contributed by atoms with Crippen molar-refractivity contribution in [3.05, 3.63) is 71.0 Å². The molecule has 0 radical (unpaired) electrons. The Balaban J connectivity index is 1.88. The monoisotopic (exact) mass is 340 g/mol. The molecule has 1 aliphatic rings. The zero-order valence-electron chi connectivity index (χ0n) is 12.9. The van der Waals surface area contributed by atoms with Gasteiger partial charge in [0.05, 0.1) is 6.54 Å². The zero-order valence-corrected chi connectivity index (χ0v) is 12.9. The highest BCUT2D eigenvalue weighted by molar-refractivity contribution is 6.30. The molecule has 0 saturated carbocycles. The molecular formula is C18H13FN2O4. The number of nitrogens with zero attached hydrogens (tertiary/aromatic N) is 1. The molecule has 3 rings (SSSR count). The van der Waals surface area contributed by atoms with Gasteiger partial charge >= 0.3 is 6.03 Å². The normalized spacial score (nSPS) is 16.3. The highest BCUT2D eigenvalue weighted by atomic mass is 19.1. The SMILES string of the molecule is O=C1NC(=O)N(Cc2ccc(F)cc2)C(=O)C1=Cc1ccc(O)cc1. The first-order valence-electron chi connectivity index (χ1n) is 7.36. The van der Waals surface area contributed by atoms with Crippen LogP contribution in [0.5, 0.6) is 5.75 Å². The molecule has 2 aromatic carbocycles. The minimum atomic E-state index is -0.831. The highest BCUT2D eigenvalue weighted by Gasteiger charge is 2.35. The summed E-state index contributed by atoms with van der Waals surface area (Å²) in [6.45, 7) is -0.0921. The largest absolute Gasteiger partial charge is 0.508 e. The number of barbiturate groups is 1. The van der Waals surface area contributed by atoms with Crippen molar-refractivity contribution in [2.45, 2.75) is 6.54 Å². The molecule has 4 amide bonds. The first-order valence-corrected chi connectivity index (χ1v) is 7.36. The fraction of sp³-hybridized carbons (Fsp3) is 0.0556. The summed E-state index contributed by atoms with van der Waals surface area (Å²) in [5, 5.41) is 11.4. The predicted molar refractivity (Wildman–Crippen MR) is 86.6 cm³/mol. The lowest BCUT2D eigenvalue weighted by atomic mass is 10.1. The summed E-state index contributed by atoms with van der Waals surface area (Å²) in [6.07, 6.45) is 1.33. The molecule has 0 aliphatic carbocycles. The Bertz CT molecular complexity index is 873. The standard InChI is InChI=1S/C18H13FN2O4/c19-13-5-1-12(2-6-13)10-21-17(24)15(16(23)20-18(21)25)9-11-3-7-14(22)8-4-11/h1-9,22H,10H2,(H,20,23,25). The number of halogens is 1. The summed E-state index contributed by atoms with van der Waals surface area (Å²) in [6, 6.07) is 10.4. The van der Waals surface area contributed by atoms with Gasteiger partial charge in [0.1, 0.15) is 17.1 Å². The topological polar surface area (TPSA) is 86.7 Å². The van der Waals surface area contributed by atoms with E-state index in [1.165, 1.54) is 54.6 Å². The van der Waals surface area contributed by atoms with Gasteiger partial charge in [0.2, 0.25) is 0 Å². The van der Waals surface area contributed by atoms with Crippen LogP contribution in [0.1, 0.15) is 11.1 Å². The number of amides is 4. The van der Waals surface area contributed by atoms with E-state index in [1.807, 2.05) is 0 Å². The first kappa shape index (κ1) is 16.4. The van der Waals surface area contributed by atoms with Crippen LogP contribution < -0.4 is 5.32 Å². The molecule has 1 aliphatic heterocycles. The average molecular weight is 340 g/mol. The summed E-state index contributed by atoms with van der Waals surface area (Å²) >= 11 is 0. The van der Waals surface area contributed by atoms with Gasteiger partial charge in [0.15, 0.2) is 0 Å². The van der Waals surface area contributed by atoms with Crippen LogP contribution in [0, 0.1) is 5.82 Å². The Morgan fingerprint density at radius 3 is 2.28 bits per heavy atom. The lowest BCUT2D eigenvalue weighted by Crippen LogP contribution is -2.53. The summed E-state index contributed by atoms with van der Waals surface area (Å²) in [4.78, 5) is 37.4. The maximum atomic E-state index is 13.0. The molecule has 2 N–H and O–H groups in total. The van der Waals surface area contributed by atoms with E-state index in [-0.39, 0.29) is 17.9 Å². The van der Waals surface area contributed by atoms with Crippen molar-refractivity contribution in [1.29, 1.82) is 0 Å². The Kier molecular flexibility index (Phi) is 4.30. The molecule has 25 heavy (non-hydrogen) atoms. The van der Waals surface area contributed by atoms with Crippen molar-refractivity contribution in [3.63, 3.8) is 0 Å². The third-order valence-corrected chi connectivity index (χ3v) is 3.64. The van der Waals surface area contributed by atoms with E-state index >= 15 is 0 Å². The molecule has 0 atom stereocenters. The second-order valence-corrected chi connectivity index (χ2v) is 5.43. The van der Waals surface area contributed by atoms with Gasteiger partial charge in [0.25, 0.3) is 11.8 Å². The molecule has 0 unspecified atom stereocenters. The molecule has 0 bridgehead atoms. The summed E-state index contributed by atoms with van der Waals surface area (Å²) in [7, 11) is 0. The molecule has 1 fully saturated rings. The van der Waals surface area contributed by atoms with Crippen LogP contribution in [0.4, 0.5) is 9.18 Å². The first-order chi connectivity index (χ1) is 11.9. The Morgan fingerprint density at radius 2 is 1.64 bits per heavy atom. The lowest BCUT2D eigenvalue weighted by Gasteiger charge is -2.26. The third kappa shape index (κ3) is 3.55. The van der Waals surface area contributed by atoms with E-state index in [2.05, 4.69) is 5.32 Å². The number of imide groups is 2. The van der Waals surface area contributed by atoms with Crippen molar-refractivity contribution in [2.24, 2.45) is 0 Å². The van der Waals surface area contributed by atoms with Crippen molar-refractivity contribution in [2.75, 3.05) is 0 Å². The number of phenolic OH excluding ortho intramolecular Hbond substituents is 1. The van der Waals surface area contributed by atoms with Crippen molar-refractivity contribution in [1.82, 2.24) is 10.2 Å². The van der Waals surface area contributed by atoms with Crippen molar-refractivity contribution < 1.29 is 23.9 Å². The van der Waals surface area contributed by atoms with E-state index < -0.39 is 23.7 Å². The maximum Gasteiger partial charge on any atom is 0.331 e. The fourth-order valence-corrected chi connectivity index (χ4v) is 2.35. The predicted octanol–water partition coefficient (Wildman–Crippen LogP) is 2.19. The Morgan fingerprint density at radius 1 is 1.00 bits per heavy atom. The van der Waals surface area contributed by atoms with Gasteiger partial charge in [-0.25, -0.2) is 9.18 Å². The quantitative estimate of drug-likeness (QED) is 0.662. The smallest absolute Gasteiger partial charge is 0.331 e. The van der Waals surface area contributed by atoms with Crippen LogP contribution in [0.3, 0.4) is 0 Å². The van der Waals surface area contributed by atoms with Crippen LogP contribution in [0.15, 0.2) is 54.1 Å². The minimum absolute atomic E-state index is 0.0506. The molecular weight excluding hydrogens is 327 g/mol. The molecule has 1 heterocycles. The van der Waals surface area contributed by atoms with Gasteiger partial charge in [-0.2, -0.15) is 0 Å². The third-order valence-electron chi connectivity index (χ3n) is 3.64. The number of carbonyl (C=O) groups is 3. The van der Waals surface area contributed by atoms with Crippen LogP contribution in [0.25, 0.3) is 6.08 Å². The highest BCUT2D eigenvalue weighted by Crippen LogP contribution is 2.18. The second-order valence-electron chi connectivity index (χ2n) is 5.43. The van der Waals surface area contributed by atoms with E-state index in [4.69, 9.17) is 0 Å². The molecule has 7 heteroatoms. The number of aromatic hydroxyl groups is 1. The number of hydrogen-bond acceptors (Lipinski definition) is 4. The number of urea groups is 1. The summed E-state index contributed by atoms with van der Waals surface area (Å²) in [5.74, 6) is -1.92. The van der Waals surface area contributed by atoms with Crippen LogP contribution in [-0.4, -0.2) is 27.9 Å². The number of phenols is 1. The number of rotatable bonds is 3. The zero-order chi connectivity index (χ0) is 18.0. The van der Waals surface area contributed by atoms with Gasteiger partial charge in [0, 0.05) is 0 Å². The van der Waals surface area contributed by atoms with Gasteiger partial charge in [-0.1, -0.05) is 24.3 Å². The Hall–Kier alpha value is -3.48. The number of hydrogen-bond donors (Lipinski definition) is 2. The number of benzene rings is 2. The molecule has 0 spiro atoms. The van der Waals surface area contributed by atoms with Crippen LogP contribution in [-0.2, 0) is 16.1 Å². The number of carbonyl (C=O) groups excluding carboxylic acids is 3. The minimum Gasteiger partial charge on any atom is -0.508 e. The lowest BCUT2D eigenvalue weighted by molar-refractivity contribution is -0.130. The second kappa shape index (κ2) is 6.56. The van der Waals surface area contributed by atoms with E-state index in [9.17, 15) is 23.9 Å². The Labute approximate surface area is 142 Å². The molecule has 1 saturated heterocycles. The van der Waals surface area contributed by atoms with Gasteiger partial charge < -0.3 is 5.11 Å². The van der Waals surface area contributed by atoms with Gasteiger partial charge in [-0.05, 0) is 41.5 Å². The molecule has 126 valence electrons. The van der Waals surface area contributed by atoms with Crippen LogP contribution in [0.2, 0.25) is 0 Å². The van der Waals surface area contributed by atoms with Crippen molar-refractivity contribution in [3.8, 4) is 5.75 Å². The summed E-state index contributed by atoms with van der Waals surface area (Å²) in [5.41, 5.74) is 0.864. The van der Waals surface area contributed by atoms with E-state index in [1.54, 1.807) is 0 Å². The fourth-order valence-electron chi connectivity index (χ4n) is 2.35. The van der Waals surface area contributed by atoms with Gasteiger partial charge in [-0.3, -0.25) is 19.8 Å². The van der Waals surface area contributed by atoms with Crippen molar-refractivity contribution >= 4 is 23.9 Å². The molecule has 2 aromatic rings. The van der Waals surface area contributed by atoms with E-state index in [0.29, 0.717) is 11.1 Å². The van der Waals surface area contributed by atoms with Gasteiger partial charge in [-0.15, -0.1) is 0 Å². The number of nitrogens with one attached hydrogen (secondary N) is 1. The average Bonchev–Trinajstić information content (AvgIpc) is 2.59. The molecule has 6 nitrogen and oxygen atoms in total. The maximum absolute atomic E-state index is 13.0. The van der Waals surface area contributed by atoms with E-state index in [0.717, 1.165) is 4.90 Å². The molecule has 0 aromatic heterocycles. The summed E-state index contributed by atoms with van der Waals surface area (Å²) < 4.78 is 13.0.